The fourth-order valence-electron chi connectivity index (χ4n) is 1.77. The van der Waals surface area contributed by atoms with E-state index >= 15 is 0 Å². The van der Waals surface area contributed by atoms with Crippen LogP contribution in [0.1, 0.15) is 25.0 Å². The molecule has 1 aromatic heterocycles. The topological polar surface area (TPSA) is 16.4 Å². The first kappa shape index (κ1) is 9.10. The smallest absolute Gasteiger partial charge is 0.193 e. The predicted molar refractivity (Wildman–Crippen MR) is 52.8 cm³/mol. The molecule has 0 amide bonds. The van der Waals surface area contributed by atoms with Crippen molar-refractivity contribution in [2.24, 2.45) is 0 Å². The highest BCUT2D eigenvalue weighted by Crippen LogP contribution is 2.17. The van der Waals surface area contributed by atoms with Crippen molar-refractivity contribution in [3.05, 3.63) is 23.1 Å². The zero-order valence-corrected chi connectivity index (χ0v) is 8.39. The van der Waals surface area contributed by atoms with Crippen LogP contribution in [0.2, 0.25) is 5.22 Å². The molecule has 0 unspecified atom stereocenters. The average molecular weight is 200 g/mol. The summed E-state index contributed by atoms with van der Waals surface area (Å²) in [7, 11) is 0. The molecule has 0 aromatic carbocycles. The minimum atomic E-state index is 0.493. The van der Waals surface area contributed by atoms with Crippen molar-refractivity contribution in [3.8, 4) is 0 Å². The van der Waals surface area contributed by atoms with Crippen LogP contribution < -0.4 is 0 Å². The summed E-state index contributed by atoms with van der Waals surface area (Å²) in [5.41, 5.74) is 0. The van der Waals surface area contributed by atoms with Crippen LogP contribution in [0.5, 0.6) is 0 Å². The quantitative estimate of drug-likeness (QED) is 0.728. The Labute approximate surface area is 83.5 Å². The normalized spacial score (nSPS) is 19.2. The number of furan rings is 1. The summed E-state index contributed by atoms with van der Waals surface area (Å²) < 4.78 is 5.31. The fourth-order valence-corrected chi connectivity index (χ4v) is 1.94. The van der Waals surface area contributed by atoms with E-state index in [2.05, 4.69) is 4.90 Å². The lowest BCUT2D eigenvalue weighted by Crippen LogP contribution is -2.28. The molecule has 2 nitrogen and oxygen atoms in total. The maximum Gasteiger partial charge on any atom is 0.193 e. The van der Waals surface area contributed by atoms with Gasteiger partial charge in [-0.15, -0.1) is 0 Å². The molecule has 1 aliphatic heterocycles. The van der Waals surface area contributed by atoms with Gasteiger partial charge in [-0.3, -0.25) is 4.90 Å². The number of piperidine rings is 1. The Morgan fingerprint density at radius 2 is 2.00 bits per heavy atom. The molecular formula is C10H14ClNO. The molecule has 1 aromatic rings. The largest absolute Gasteiger partial charge is 0.448 e. The molecule has 2 rings (SSSR count). The van der Waals surface area contributed by atoms with Crippen molar-refractivity contribution >= 4 is 11.6 Å². The highest BCUT2D eigenvalue weighted by Gasteiger charge is 2.11. The predicted octanol–water partition coefficient (Wildman–Crippen LogP) is 2.92. The van der Waals surface area contributed by atoms with E-state index in [4.69, 9.17) is 16.0 Å². The number of hydrogen-bond donors (Lipinski definition) is 0. The molecule has 0 aliphatic carbocycles. The van der Waals surface area contributed by atoms with Crippen LogP contribution in [0.3, 0.4) is 0 Å². The minimum Gasteiger partial charge on any atom is -0.448 e. The van der Waals surface area contributed by atoms with Gasteiger partial charge in [0.1, 0.15) is 5.76 Å². The molecular weight excluding hydrogens is 186 g/mol. The Morgan fingerprint density at radius 3 is 2.62 bits per heavy atom. The molecule has 72 valence electrons. The number of nitrogens with zero attached hydrogens (tertiary/aromatic N) is 1. The lowest BCUT2D eigenvalue weighted by molar-refractivity contribution is 0.205. The average Bonchev–Trinajstić information content (AvgIpc) is 2.53. The van der Waals surface area contributed by atoms with Gasteiger partial charge >= 0.3 is 0 Å². The number of rotatable bonds is 2. The Hall–Kier alpha value is -0.470. The van der Waals surface area contributed by atoms with Crippen LogP contribution in [0.4, 0.5) is 0 Å². The van der Waals surface area contributed by atoms with E-state index in [1.807, 2.05) is 6.07 Å². The van der Waals surface area contributed by atoms with Crippen LogP contribution >= 0.6 is 11.6 Å². The van der Waals surface area contributed by atoms with E-state index in [0.29, 0.717) is 5.22 Å². The number of likely N-dealkylation sites (tertiary alicyclic amines) is 1. The van der Waals surface area contributed by atoms with E-state index in [-0.39, 0.29) is 0 Å². The third-order valence-corrected chi connectivity index (χ3v) is 2.66. The monoisotopic (exact) mass is 199 g/mol. The van der Waals surface area contributed by atoms with Gasteiger partial charge in [-0.25, -0.2) is 0 Å². The lowest BCUT2D eigenvalue weighted by Gasteiger charge is -2.25. The first-order valence-electron chi connectivity index (χ1n) is 4.81. The second-order valence-corrected chi connectivity index (χ2v) is 3.92. The summed E-state index contributed by atoms with van der Waals surface area (Å²) in [5, 5.41) is 0.493. The molecule has 1 fully saturated rings. The third kappa shape index (κ3) is 2.48. The molecule has 0 spiro atoms. The Balaban J connectivity index is 1.89. The molecule has 0 saturated carbocycles. The van der Waals surface area contributed by atoms with Crippen molar-refractivity contribution in [2.75, 3.05) is 13.1 Å². The third-order valence-electron chi connectivity index (χ3n) is 2.46. The van der Waals surface area contributed by atoms with Crippen molar-refractivity contribution in [1.29, 1.82) is 0 Å². The molecule has 0 bridgehead atoms. The maximum absolute atomic E-state index is 5.69. The van der Waals surface area contributed by atoms with Gasteiger partial charge in [-0.1, -0.05) is 6.42 Å². The first-order chi connectivity index (χ1) is 6.34. The van der Waals surface area contributed by atoms with Crippen LogP contribution in [-0.4, -0.2) is 18.0 Å². The Kier molecular flexibility index (Phi) is 2.91. The van der Waals surface area contributed by atoms with E-state index in [0.717, 1.165) is 12.3 Å². The summed E-state index contributed by atoms with van der Waals surface area (Å²) in [6.07, 6.45) is 4.00. The standard InChI is InChI=1S/C10H14ClNO/c11-10-5-4-9(13-10)8-12-6-2-1-3-7-12/h4-5H,1-3,6-8H2. The van der Waals surface area contributed by atoms with Crippen LogP contribution in [0.15, 0.2) is 16.5 Å². The van der Waals surface area contributed by atoms with Crippen molar-refractivity contribution in [3.63, 3.8) is 0 Å². The van der Waals surface area contributed by atoms with Gasteiger partial charge in [0, 0.05) is 0 Å². The Bertz CT molecular complexity index is 266. The van der Waals surface area contributed by atoms with E-state index in [1.54, 1.807) is 6.07 Å². The van der Waals surface area contributed by atoms with Crippen LogP contribution in [0.25, 0.3) is 0 Å². The van der Waals surface area contributed by atoms with Gasteiger partial charge in [0.2, 0.25) is 0 Å². The van der Waals surface area contributed by atoms with E-state index in [1.165, 1.54) is 32.4 Å². The molecule has 13 heavy (non-hydrogen) atoms. The second-order valence-electron chi connectivity index (χ2n) is 3.54. The van der Waals surface area contributed by atoms with Crippen LogP contribution in [-0.2, 0) is 6.54 Å². The number of hydrogen-bond acceptors (Lipinski definition) is 2. The highest BCUT2D eigenvalue weighted by molar-refractivity contribution is 6.28. The zero-order chi connectivity index (χ0) is 9.10. The van der Waals surface area contributed by atoms with Crippen molar-refractivity contribution in [1.82, 2.24) is 4.90 Å². The van der Waals surface area contributed by atoms with Gasteiger partial charge < -0.3 is 4.42 Å². The summed E-state index contributed by atoms with van der Waals surface area (Å²) >= 11 is 5.69. The SMILES string of the molecule is Clc1ccc(CN2CCCCC2)o1. The Morgan fingerprint density at radius 1 is 1.23 bits per heavy atom. The molecule has 1 saturated heterocycles. The zero-order valence-electron chi connectivity index (χ0n) is 7.63. The second kappa shape index (κ2) is 4.16. The van der Waals surface area contributed by atoms with Gasteiger partial charge in [0.25, 0.3) is 0 Å². The molecule has 0 radical (unpaired) electrons. The fraction of sp³-hybridized carbons (Fsp3) is 0.600. The molecule has 1 aliphatic rings. The molecule has 0 N–H and O–H groups in total. The van der Waals surface area contributed by atoms with Gasteiger partial charge in [0.15, 0.2) is 5.22 Å². The van der Waals surface area contributed by atoms with E-state index in [9.17, 15) is 0 Å². The molecule has 2 heterocycles. The van der Waals surface area contributed by atoms with Gasteiger partial charge in [-0.05, 0) is 49.7 Å². The van der Waals surface area contributed by atoms with Gasteiger partial charge in [0.05, 0.1) is 6.54 Å². The summed E-state index contributed by atoms with van der Waals surface area (Å²) in [6, 6.07) is 3.76. The van der Waals surface area contributed by atoms with Crippen molar-refractivity contribution < 1.29 is 4.42 Å². The van der Waals surface area contributed by atoms with E-state index < -0.39 is 0 Å². The summed E-state index contributed by atoms with van der Waals surface area (Å²) in [6.45, 7) is 3.29. The van der Waals surface area contributed by atoms with Gasteiger partial charge in [-0.2, -0.15) is 0 Å². The highest BCUT2D eigenvalue weighted by atomic mass is 35.5. The summed E-state index contributed by atoms with van der Waals surface area (Å²) in [4.78, 5) is 2.42. The number of halogens is 1. The summed E-state index contributed by atoms with van der Waals surface area (Å²) in [5.74, 6) is 0.979. The molecule has 0 atom stereocenters. The minimum absolute atomic E-state index is 0.493. The van der Waals surface area contributed by atoms with Crippen molar-refractivity contribution in [2.45, 2.75) is 25.8 Å². The molecule has 3 heteroatoms. The van der Waals surface area contributed by atoms with Crippen LogP contribution in [0, 0.1) is 0 Å². The lowest BCUT2D eigenvalue weighted by atomic mass is 10.1. The maximum atomic E-state index is 5.69. The first-order valence-corrected chi connectivity index (χ1v) is 5.19.